The third-order valence-corrected chi connectivity index (χ3v) is 5.81. The maximum atomic E-state index is 12.7. The van der Waals surface area contributed by atoms with Gasteiger partial charge in [-0.05, 0) is 92.9 Å². The van der Waals surface area contributed by atoms with E-state index in [1.807, 2.05) is 74.5 Å². The maximum absolute atomic E-state index is 12.7. The highest BCUT2D eigenvalue weighted by Gasteiger charge is 2.15. The first-order valence-electron chi connectivity index (χ1n) is 12.5. The topological polar surface area (TPSA) is 73.3 Å². The molecule has 0 aliphatic carbocycles. The Morgan fingerprint density at radius 2 is 1.31 bits per heavy atom. The highest BCUT2D eigenvalue weighted by molar-refractivity contribution is 5.98. The molecule has 0 spiro atoms. The highest BCUT2D eigenvalue weighted by atomic mass is 16.5. The number of carbonyl (C=O) groups is 1. The number of nitrogens with one attached hydrogen (secondary N) is 1. The SMILES string of the molecule is CCOc1ccc(-c2nc3ccc(C(=O)NCCC(C)C)cc3nc2-c2ccc(OCC)cc2)cc1. The second kappa shape index (κ2) is 11.7. The van der Waals surface area contributed by atoms with E-state index in [2.05, 4.69) is 19.2 Å². The molecule has 0 saturated carbocycles. The molecule has 0 radical (unpaired) electrons. The van der Waals surface area contributed by atoms with Crippen LogP contribution in [0, 0.1) is 5.92 Å². The molecule has 1 amide bonds. The minimum atomic E-state index is -0.0995. The number of nitrogens with zero attached hydrogens (tertiary/aromatic N) is 2. The lowest BCUT2D eigenvalue weighted by Gasteiger charge is -2.13. The Morgan fingerprint density at radius 3 is 1.81 bits per heavy atom. The minimum absolute atomic E-state index is 0.0995. The van der Waals surface area contributed by atoms with Crippen LogP contribution in [0.5, 0.6) is 11.5 Å². The molecule has 186 valence electrons. The Kier molecular flexibility index (Phi) is 8.16. The first-order valence-corrected chi connectivity index (χ1v) is 12.5. The van der Waals surface area contributed by atoms with Crippen molar-refractivity contribution in [2.75, 3.05) is 19.8 Å². The number of amides is 1. The van der Waals surface area contributed by atoms with Gasteiger partial charge < -0.3 is 14.8 Å². The zero-order chi connectivity index (χ0) is 25.5. The number of ether oxygens (including phenoxy) is 2. The zero-order valence-corrected chi connectivity index (χ0v) is 21.4. The molecule has 4 aromatic rings. The van der Waals surface area contributed by atoms with Crippen molar-refractivity contribution >= 4 is 16.9 Å². The number of carbonyl (C=O) groups excluding carboxylic acids is 1. The molecule has 0 unspecified atom stereocenters. The minimum Gasteiger partial charge on any atom is -0.494 e. The van der Waals surface area contributed by atoms with Gasteiger partial charge in [-0.15, -0.1) is 0 Å². The van der Waals surface area contributed by atoms with Crippen molar-refractivity contribution in [1.29, 1.82) is 0 Å². The fraction of sp³-hybridized carbons (Fsp3) is 0.300. The van der Waals surface area contributed by atoms with E-state index < -0.39 is 0 Å². The molecule has 0 aliphatic rings. The Labute approximate surface area is 212 Å². The molecule has 0 atom stereocenters. The normalized spacial score (nSPS) is 11.0. The Morgan fingerprint density at radius 1 is 0.778 bits per heavy atom. The second-order valence-corrected chi connectivity index (χ2v) is 8.98. The van der Waals surface area contributed by atoms with E-state index in [0.29, 0.717) is 36.8 Å². The molecule has 0 aliphatic heterocycles. The second-order valence-electron chi connectivity index (χ2n) is 8.98. The first-order chi connectivity index (χ1) is 17.5. The molecular formula is C30H33N3O3. The summed E-state index contributed by atoms with van der Waals surface area (Å²) in [5.74, 6) is 2.05. The number of hydrogen-bond donors (Lipinski definition) is 1. The summed E-state index contributed by atoms with van der Waals surface area (Å²) in [4.78, 5) is 22.7. The summed E-state index contributed by atoms with van der Waals surface area (Å²) in [5.41, 5.74) is 5.34. The third kappa shape index (κ3) is 6.00. The van der Waals surface area contributed by atoms with Crippen LogP contribution >= 0.6 is 0 Å². The van der Waals surface area contributed by atoms with Gasteiger partial charge in [-0.1, -0.05) is 13.8 Å². The largest absolute Gasteiger partial charge is 0.494 e. The molecule has 6 nitrogen and oxygen atoms in total. The lowest BCUT2D eigenvalue weighted by atomic mass is 10.0. The summed E-state index contributed by atoms with van der Waals surface area (Å²) in [6.45, 7) is 10.1. The van der Waals surface area contributed by atoms with E-state index in [1.165, 1.54) is 0 Å². The van der Waals surface area contributed by atoms with E-state index in [4.69, 9.17) is 19.4 Å². The van der Waals surface area contributed by atoms with Crippen molar-refractivity contribution in [2.45, 2.75) is 34.1 Å². The Hall–Kier alpha value is -3.93. The van der Waals surface area contributed by atoms with Gasteiger partial charge in [-0.2, -0.15) is 0 Å². The fourth-order valence-corrected chi connectivity index (χ4v) is 3.93. The van der Waals surface area contributed by atoms with Gasteiger partial charge in [0.15, 0.2) is 0 Å². The van der Waals surface area contributed by atoms with E-state index in [-0.39, 0.29) is 5.91 Å². The number of benzene rings is 3. The zero-order valence-electron chi connectivity index (χ0n) is 21.4. The van der Waals surface area contributed by atoms with Crippen LogP contribution < -0.4 is 14.8 Å². The molecule has 1 N–H and O–H groups in total. The van der Waals surface area contributed by atoms with Gasteiger partial charge in [0.05, 0.1) is 35.6 Å². The lowest BCUT2D eigenvalue weighted by Crippen LogP contribution is -2.25. The van der Waals surface area contributed by atoms with Gasteiger partial charge >= 0.3 is 0 Å². The third-order valence-electron chi connectivity index (χ3n) is 5.81. The molecule has 0 fully saturated rings. The number of hydrogen-bond acceptors (Lipinski definition) is 5. The van der Waals surface area contributed by atoms with Gasteiger partial charge in [0.25, 0.3) is 5.91 Å². The average molecular weight is 484 g/mol. The standard InChI is InChI=1S/C30H33N3O3/c1-5-35-24-12-7-21(8-13-24)28-29(22-9-14-25(15-10-22)36-6-2)33-27-19-23(11-16-26(27)32-28)30(34)31-18-17-20(3)4/h7-16,19-20H,5-6,17-18H2,1-4H3,(H,31,34). The van der Waals surface area contributed by atoms with Crippen molar-refractivity contribution in [3.05, 3.63) is 72.3 Å². The molecule has 0 bridgehead atoms. The smallest absolute Gasteiger partial charge is 0.251 e. The predicted molar refractivity (Wildman–Crippen MR) is 145 cm³/mol. The predicted octanol–water partition coefficient (Wildman–Crippen LogP) is 6.54. The van der Waals surface area contributed by atoms with Crippen molar-refractivity contribution < 1.29 is 14.3 Å². The van der Waals surface area contributed by atoms with Gasteiger partial charge in [0.1, 0.15) is 11.5 Å². The van der Waals surface area contributed by atoms with Crippen LogP contribution in [0.25, 0.3) is 33.5 Å². The van der Waals surface area contributed by atoms with Crippen molar-refractivity contribution in [3.63, 3.8) is 0 Å². The molecular weight excluding hydrogens is 450 g/mol. The van der Waals surface area contributed by atoms with E-state index >= 15 is 0 Å². The van der Waals surface area contributed by atoms with Crippen LogP contribution in [0.15, 0.2) is 66.7 Å². The molecule has 1 heterocycles. The summed E-state index contributed by atoms with van der Waals surface area (Å²) in [5, 5.41) is 3.00. The monoisotopic (exact) mass is 483 g/mol. The summed E-state index contributed by atoms with van der Waals surface area (Å²) >= 11 is 0. The Balaban J connectivity index is 1.76. The van der Waals surface area contributed by atoms with Crippen LogP contribution in [0.1, 0.15) is 44.5 Å². The number of rotatable bonds is 10. The van der Waals surface area contributed by atoms with E-state index in [9.17, 15) is 4.79 Å². The summed E-state index contributed by atoms with van der Waals surface area (Å²) < 4.78 is 11.2. The van der Waals surface area contributed by atoms with Crippen LogP contribution in [0.3, 0.4) is 0 Å². The van der Waals surface area contributed by atoms with Crippen molar-refractivity contribution in [3.8, 4) is 34.0 Å². The van der Waals surface area contributed by atoms with Crippen LogP contribution in [0.4, 0.5) is 0 Å². The average Bonchev–Trinajstić information content (AvgIpc) is 2.89. The van der Waals surface area contributed by atoms with Gasteiger partial charge in [-0.25, -0.2) is 9.97 Å². The fourth-order valence-electron chi connectivity index (χ4n) is 3.93. The van der Waals surface area contributed by atoms with Gasteiger partial charge in [0, 0.05) is 23.2 Å². The quantitative estimate of drug-likeness (QED) is 0.277. The summed E-state index contributed by atoms with van der Waals surface area (Å²) in [6.07, 6.45) is 0.937. The summed E-state index contributed by atoms with van der Waals surface area (Å²) in [7, 11) is 0. The van der Waals surface area contributed by atoms with Crippen LogP contribution in [-0.4, -0.2) is 35.6 Å². The highest BCUT2D eigenvalue weighted by Crippen LogP contribution is 2.33. The maximum Gasteiger partial charge on any atom is 0.251 e. The van der Waals surface area contributed by atoms with Crippen molar-refractivity contribution in [2.24, 2.45) is 5.92 Å². The van der Waals surface area contributed by atoms with Gasteiger partial charge in [0.2, 0.25) is 0 Å². The van der Waals surface area contributed by atoms with Crippen LogP contribution in [0.2, 0.25) is 0 Å². The van der Waals surface area contributed by atoms with E-state index in [1.54, 1.807) is 6.07 Å². The molecule has 3 aromatic carbocycles. The van der Waals surface area contributed by atoms with Crippen molar-refractivity contribution in [1.82, 2.24) is 15.3 Å². The summed E-state index contributed by atoms with van der Waals surface area (Å²) in [6, 6.07) is 21.2. The lowest BCUT2D eigenvalue weighted by molar-refractivity contribution is 0.0952. The van der Waals surface area contributed by atoms with Crippen LogP contribution in [-0.2, 0) is 0 Å². The Bertz CT molecular complexity index is 1320. The molecule has 6 heteroatoms. The molecule has 0 saturated heterocycles. The number of aromatic nitrogens is 2. The number of fused-ring (bicyclic) bond motifs is 1. The molecule has 36 heavy (non-hydrogen) atoms. The van der Waals surface area contributed by atoms with Gasteiger partial charge in [-0.3, -0.25) is 4.79 Å². The molecule has 4 rings (SSSR count). The first kappa shape index (κ1) is 25.2. The van der Waals surface area contributed by atoms with E-state index in [0.717, 1.165) is 46.0 Å². The molecule has 1 aromatic heterocycles.